The number of nitrogens with zero attached hydrogens (tertiary/aromatic N) is 1. The van der Waals surface area contributed by atoms with Gasteiger partial charge in [0.1, 0.15) is 4.90 Å². The molecule has 7 nitrogen and oxygen atoms in total. The highest BCUT2D eigenvalue weighted by Gasteiger charge is 2.26. The standard InChI is InChI=1S/C24H19NO6S/c1-16-11-13-17(14-12-16)23-25-20(24(26)30-23)15-18-7-6-10-21(29-2)22(18)31-32(27,28)19-8-4-3-5-9-19/h3-15H,1-2H3/b20-15-. The highest BCUT2D eigenvalue weighted by Crippen LogP contribution is 2.35. The van der Waals surface area contributed by atoms with Gasteiger partial charge in [-0.25, -0.2) is 9.79 Å². The van der Waals surface area contributed by atoms with Crippen molar-refractivity contribution in [2.45, 2.75) is 11.8 Å². The fourth-order valence-corrected chi connectivity index (χ4v) is 4.00. The maximum atomic E-state index is 12.8. The molecule has 0 aliphatic carbocycles. The second-order valence-corrected chi connectivity index (χ2v) is 8.48. The molecule has 0 radical (unpaired) electrons. The number of esters is 1. The molecule has 0 unspecified atom stereocenters. The van der Waals surface area contributed by atoms with Gasteiger partial charge in [-0.15, -0.1) is 0 Å². The van der Waals surface area contributed by atoms with E-state index in [1.807, 2.05) is 19.1 Å². The zero-order valence-electron chi connectivity index (χ0n) is 17.3. The molecule has 0 amide bonds. The Morgan fingerprint density at radius 3 is 2.34 bits per heavy atom. The minimum atomic E-state index is -4.13. The summed E-state index contributed by atoms with van der Waals surface area (Å²) in [5.74, 6) is -0.352. The van der Waals surface area contributed by atoms with Crippen LogP contribution in [0.5, 0.6) is 11.5 Å². The van der Waals surface area contributed by atoms with E-state index in [9.17, 15) is 13.2 Å². The molecular weight excluding hydrogens is 430 g/mol. The van der Waals surface area contributed by atoms with Crippen molar-refractivity contribution >= 4 is 28.1 Å². The Hall–Kier alpha value is -3.91. The van der Waals surface area contributed by atoms with Gasteiger partial charge in [0, 0.05) is 11.1 Å². The molecule has 0 spiro atoms. The Bertz CT molecular complexity index is 1330. The van der Waals surface area contributed by atoms with Gasteiger partial charge in [0.25, 0.3) is 0 Å². The first-order valence-electron chi connectivity index (χ1n) is 9.63. The fourth-order valence-electron chi connectivity index (χ4n) is 3.02. The highest BCUT2D eigenvalue weighted by atomic mass is 32.2. The predicted molar refractivity (Wildman–Crippen MR) is 119 cm³/mol. The van der Waals surface area contributed by atoms with Crippen LogP contribution in [0.25, 0.3) is 6.08 Å². The van der Waals surface area contributed by atoms with Crippen LogP contribution in [0.4, 0.5) is 0 Å². The van der Waals surface area contributed by atoms with Crippen LogP contribution in [0.2, 0.25) is 0 Å². The summed E-state index contributed by atoms with van der Waals surface area (Å²) in [6.45, 7) is 1.95. The predicted octanol–water partition coefficient (Wildman–Crippen LogP) is 4.12. The number of rotatable bonds is 6. The minimum Gasteiger partial charge on any atom is -0.493 e. The van der Waals surface area contributed by atoms with Gasteiger partial charge in [0.15, 0.2) is 17.2 Å². The van der Waals surface area contributed by atoms with Crippen molar-refractivity contribution in [3.8, 4) is 11.5 Å². The second-order valence-electron chi connectivity index (χ2n) is 6.93. The summed E-state index contributed by atoms with van der Waals surface area (Å²) in [5, 5.41) is 0. The van der Waals surface area contributed by atoms with Crippen LogP contribution < -0.4 is 8.92 Å². The van der Waals surface area contributed by atoms with Gasteiger partial charge in [-0.3, -0.25) is 0 Å². The molecule has 1 aliphatic rings. The Morgan fingerprint density at radius 2 is 1.66 bits per heavy atom. The molecule has 1 aliphatic heterocycles. The number of para-hydroxylation sites is 1. The smallest absolute Gasteiger partial charge is 0.363 e. The molecule has 162 valence electrons. The first kappa shape index (κ1) is 21.3. The molecule has 0 aromatic heterocycles. The number of benzene rings is 3. The van der Waals surface area contributed by atoms with Crippen LogP contribution in [0.1, 0.15) is 16.7 Å². The molecule has 0 atom stereocenters. The lowest BCUT2D eigenvalue weighted by molar-refractivity contribution is -0.129. The van der Waals surface area contributed by atoms with E-state index in [-0.39, 0.29) is 28.0 Å². The number of hydrogen-bond donors (Lipinski definition) is 0. The lowest BCUT2D eigenvalue weighted by atomic mass is 10.1. The maximum Gasteiger partial charge on any atom is 0.363 e. The zero-order chi connectivity index (χ0) is 22.7. The first-order chi connectivity index (χ1) is 15.4. The molecule has 0 N–H and O–H groups in total. The zero-order valence-corrected chi connectivity index (χ0v) is 18.1. The number of aliphatic imine (C=N–C) groups is 1. The molecular formula is C24H19NO6S. The van der Waals surface area contributed by atoms with E-state index in [0.29, 0.717) is 11.1 Å². The van der Waals surface area contributed by atoms with E-state index in [0.717, 1.165) is 5.56 Å². The van der Waals surface area contributed by atoms with Gasteiger partial charge in [-0.2, -0.15) is 8.42 Å². The van der Waals surface area contributed by atoms with Gasteiger partial charge in [-0.1, -0.05) is 48.0 Å². The highest BCUT2D eigenvalue weighted by molar-refractivity contribution is 7.87. The van der Waals surface area contributed by atoms with Gasteiger partial charge in [0.05, 0.1) is 7.11 Å². The van der Waals surface area contributed by atoms with Crippen molar-refractivity contribution in [2.75, 3.05) is 7.11 Å². The van der Waals surface area contributed by atoms with Crippen LogP contribution in [-0.2, 0) is 19.6 Å². The third-order valence-corrected chi connectivity index (χ3v) is 5.90. The van der Waals surface area contributed by atoms with Gasteiger partial charge in [0.2, 0.25) is 5.90 Å². The number of carbonyl (C=O) groups excluding carboxylic acids is 1. The van der Waals surface area contributed by atoms with Crippen LogP contribution in [0.15, 0.2) is 88.4 Å². The van der Waals surface area contributed by atoms with Gasteiger partial charge in [-0.05, 0) is 43.3 Å². The largest absolute Gasteiger partial charge is 0.493 e. The van der Waals surface area contributed by atoms with Crippen molar-refractivity contribution in [2.24, 2.45) is 4.99 Å². The molecule has 1 heterocycles. The van der Waals surface area contributed by atoms with Gasteiger partial charge < -0.3 is 13.7 Å². The molecule has 0 bridgehead atoms. The first-order valence-corrected chi connectivity index (χ1v) is 11.0. The third kappa shape index (κ3) is 4.40. The van der Waals surface area contributed by atoms with Gasteiger partial charge >= 0.3 is 16.1 Å². The van der Waals surface area contributed by atoms with Crippen molar-refractivity contribution in [3.63, 3.8) is 0 Å². The summed E-state index contributed by atoms with van der Waals surface area (Å²) in [5.41, 5.74) is 2.02. The van der Waals surface area contributed by atoms with Crippen LogP contribution in [0.3, 0.4) is 0 Å². The van der Waals surface area contributed by atoms with E-state index in [1.54, 1.807) is 48.5 Å². The molecule has 0 fully saturated rings. The molecule has 0 saturated carbocycles. The fraction of sp³-hybridized carbons (Fsp3) is 0.0833. The molecule has 3 aromatic carbocycles. The lowest BCUT2D eigenvalue weighted by Crippen LogP contribution is -2.11. The average molecular weight is 449 g/mol. The molecule has 3 aromatic rings. The summed E-state index contributed by atoms with van der Waals surface area (Å²) >= 11 is 0. The third-order valence-electron chi connectivity index (χ3n) is 4.67. The number of cyclic esters (lactones) is 1. The normalized spacial score (nSPS) is 14.8. The lowest BCUT2D eigenvalue weighted by Gasteiger charge is -2.13. The summed E-state index contributed by atoms with van der Waals surface area (Å²) in [6.07, 6.45) is 1.40. The van der Waals surface area contributed by atoms with E-state index < -0.39 is 16.1 Å². The van der Waals surface area contributed by atoms with Crippen LogP contribution >= 0.6 is 0 Å². The monoisotopic (exact) mass is 449 g/mol. The SMILES string of the molecule is COc1cccc(/C=C2\N=C(c3ccc(C)cc3)OC2=O)c1OS(=O)(=O)c1ccccc1. The Balaban J connectivity index is 1.74. The van der Waals surface area contributed by atoms with Crippen LogP contribution in [-0.4, -0.2) is 27.4 Å². The van der Waals surface area contributed by atoms with E-state index in [2.05, 4.69) is 4.99 Å². The second kappa shape index (κ2) is 8.68. The Kier molecular flexibility index (Phi) is 5.79. The van der Waals surface area contributed by atoms with E-state index in [1.165, 1.54) is 25.3 Å². The maximum absolute atomic E-state index is 12.8. The summed E-state index contributed by atoms with van der Waals surface area (Å²) in [4.78, 5) is 16.7. The topological polar surface area (TPSA) is 91.3 Å². The number of carbonyl (C=O) groups is 1. The van der Waals surface area contributed by atoms with E-state index in [4.69, 9.17) is 13.7 Å². The van der Waals surface area contributed by atoms with Crippen molar-refractivity contribution in [3.05, 3.63) is 95.2 Å². The van der Waals surface area contributed by atoms with Crippen molar-refractivity contribution in [1.29, 1.82) is 0 Å². The number of aryl methyl sites for hydroxylation is 1. The minimum absolute atomic E-state index is 0.00976. The summed E-state index contributed by atoms with van der Waals surface area (Å²) in [7, 11) is -2.74. The average Bonchev–Trinajstić information content (AvgIpc) is 3.16. The number of hydrogen-bond acceptors (Lipinski definition) is 7. The van der Waals surface area contributed by atoms with Crippen molar-refractivity contribution < 1.29 is 26.9 Å². The van der Waals surface area contributed by atoms with Crippen LogP contribution in [0, 0.1) is 6.92 Å². The van der Waals surface area contributed by atoms with E-state index >= 15 is 0 Å². The molecule has 8 heteroatoms. The van der Waals surface area contributed by atoms with Crippen molar-refractivity contribution in [1.82, 2.24) is 0 Å². The Labute approximate surface area is 185 Å². The molecule has 4 rings (SSSR count). The molecule has 0 saturated heterocycles. The number of methoxy groups -OCH3 is 1. The summed E-state index contributed by atoms with van der Waals surface area (Å²) in [6, 6.07) is 19.9. The number of ether oxygens (including phenoxy) is 2. The summed E-state index contributed by atoms with van der Waals surface area (Å²) < 4.78 is 41.5. The Morgan fingerprint density at radius 1 is 0.938 bits per heavy atom. The quantitative estimate of drug-likeness (QED) is 0.319. The molecule has 32 heavy (non-hydrogen) atoms.